The molecule has 0 aliphatic carbocycles. The van der Waals surface area contributed by atoms with Crippen molar-refractivity contribution in [2.75, 3.05) is 17.2 Å². The van der Waals surface area contributed by atoms with Gasteiger partial charge in [-0.15, -0.1) is 0 Å². The summed E-state index contributed by atoms with van der Waals surface area (Å²) in [6, 6.07) is 14.2. The number of hydrogen-bond acceptors (Lipinski definition) is 5. The first-order valence-electron chi connectivity index (χ1n) is 7.61. The number of para-hydroxylation sites is 1. The quantitative estimate of drug-likeness (QED) is 0.909. The molecule has 0 spiro atoms. The molecule has 0 unspecified atom stereocenters. The molecule has 6 nitrogen and oxygen atoms in total. The zero-order valence-electron chi connectivity index (χ0n) is 13.0. The fourth-order valence-corrected chi connectivity index (χ4v) is 3.16. The number of nitriles is 3. The van der Waals surface area contributed by atoms with Crippen molar-refractivity contribution in [2.45, 2.75) is 19.3 Å². The minimum atomic E-state index is -0.0346. The number of aryl methyl sites for hydroxylation is 1. The number of pyridine rings is 1. The van der Waals surface area contributed by atoms with Gasteiger partial charge in [0.15, 0.2) is 0 Å². The van der Waals surface area contributed by atoms with E-state index in [-0.39, 0.29) is 17.8 Å². The average molecular weight is 315 g/mol. The van der Waals surface area contributed by atoms with Crippen molar-refractivity contribution >= 4 is 17.3 Å². The normalized spacial score (nSPS) is 12.6. The molecule has 2 heterocycles. The van der Waals surface area contributed by atoms with Gasteiger partial charge in [0.2, 0.25) is 11.6 Å². The van der Waals surface area contributed by atoms with E-state index >= 15 is 0 Å². The third-order valence-corrected chi connectivity index (χ3v) is 4.22. The lowest BCUT2D eigenvalue weighted by Gasteiger charge is -2.27. The first-order valence-corrected chi connectivity index (χ1v) is 7.61. The van der Waals surface area contributed by atoms with Gasteiger partial charge in [0.05, 0.1) is 19.0 Å². The SMILES string of the molecule is N#CCc1c(C#N)c(N)[nH+]c(N2CCCc3ccccc32)c1C#N. The maximum Gasteiger partial charge on any atom is 0.245 e. The van der Waals surface area contributed by atoms with E-state index in [0.717, 1.165) is 25.1 Å². The van der Waals surface area contributed by atoms with Gasteiger partial charge in [0.1, 0.15) is 29.0 Å². The number of rotatable bonds is 2. The molecule has 3 rings (SSSR count). The largest absolute Gasteiger partial charge is 0.318 e. The van der Waals surface area contributed by atoms with Crippen molar-refractivity contribution in [3.05, 3.63) is 46.5 Å². The lowest BCUT2D eigenvalue weighted by molar-refractivity contribution is -0.346. The van der Waals surface area contributed by atoms with Gasteiger partial charge >= 0.3 is 0 Å². The van der Waals surface area contributed by atoms with Crippen LogP contribution in [0.1, 0.15) is 28.7 Å². The number of benzene rings is 1. The van der Waals surface area contributed by atoms with E-state index in [4.69, 9.17) is 11.0 Å². The highest BCUT2D eigenvalue weighted by atomic mass is 15.2. The number of anilines is 3. The summed E-state index contributed by atoms with van der Waals surface area (Å²) in [4.78, 5) is 5.01. The zero-order valence-corrected chi connectivity index (χ0v) is 13.0. The van der Waals surface area contributed by atoms with E-state index in [1.54, 1.807) is 0 Å². The Balaban J connectivity index is 2.26. The molecule has 0 fully saturated rings. The van der Waals surface area contributed by atoms with Crippen LogP contribution in [0.5, 0.6) is 0 Å². The highest BCUT2D eigenvalue weighted by Gasteiger charge is 2.30. The summed E-state index contributed by atoms with van der Waals surface area (Å²) >= 11 is 0. The van der Waals surface area contributed by atoms with E-state index in [1.807, 2.05) is 35.2 Å². The topological polar surface area (TPSA) is 115 Å². The predicted octanol–water partition coefficient (Wildman–Crippen LogP) is 1.98. The van der Waals surface area contributed by atoms with Gasteiger partial charge in [-0.3, -0.25) is 4.90 Å². The Morgan fingerprint density at radius 3 is 2.58 bits per heavy atom. The molecule has 0 amide bonds. The van der Waals surface area contributed by atoms with Crippen LogP contribution in [0, 0.1) is 34.0 Å². The highest BCUT2D eigenvalue weighted by Crippen LogP contribution is 2.34. The smallest absolute Gasteiger partial charge is 0.245 e. The first-order chi connectivity index (χ1) is 11.7. The van der Waals surface area contributed by atoms with Crippen molar-refractivity contribution in [1.29, 1.82) is 15.8 Å². The second kappa shape index (κ2) is 6.28. The van der Waals surface area contributed by atoms with Crippen LogP contribution in [0.25, 0.3) is 0 Å². The Morgan fingerprint density at radius 2 is 1.88 bits per heavy atom. The molecule has 2 aromatic rings. The van der Waals surface area contributed by atoms with Crippen LogP contribution < -0.4 is 15.6 Å². The lowest BCUT2D eigenvalue weighted by Crippen LogP contribution is -2.33. The van der Waals surface area contributed by atoms with Crippen molar-refractivity contribution in [1.82, 2.24) is 0 Å². The van der Waals surface area contributed by atoms with E-state index < -0.39 is 0 Å². The summed E-state index contributed by atoms with van der Waals surface area (Å²) in [7, 11) is 0. The summed E-state index contributed by atoms with van der Waals surface area (Å²) in [5.41, 5.74) is 9.07. The Hall–Kier alpha value is -3.56. The summed E-state index contributed by atoms with van der Waals surface area (Å²) in [6.07, 6.45) is 1.89. The van der Waals surface area contributed by atoms with Crippen LogP contribution in [0.2, 0.25) is 0 Å². The Labute approximate surface area is 140 Å². The van der Waals surface area contributed by atoms with Gasteiger partial charge in [0.25, 0.3) is 0 Å². The molecule has 3 N–H and O–H groups in total. The number of nitrogens with zero attached hydrogens (tertiary/aromatic N) is 4. The van der Waals surface area contributed by atoms with E-state index in [9.17, 15) is 10.5 Å². The minimum Gasteiger partial charge on any atom is -0.318 e. The standard InChI is InChI=1S/C18H14N6/c19-8-7-13-14(10-20)17(22)23-18(15(13)11-21)24-9-3-5-12-4-1-2-6-16(12)24/h1-2,4,6H,3,5,7,9H2,(H2,22,23)/p+1. The van der Waals surface area contributed by atoms with Crippen LogP contribution in [0.3, 0.4) is 0 Å². The Morgan fingerprint density at radius 1 is 1.12 bits per heavy atom. The summed E-state index contributed by atoms with van der Waals surface area (Å²) < 4.78 is 0. The monoisotopic (exact) mass is 315 g/mol. The van der Waals surface area contributed by atoms with Gasteiger partial charge in [0, 0.05) is 5.56 Å². The van der Waals surface area contributed by atoms with Crippen molar-refractivity contribution < 1.29 is 4.98 Å². The second-order valence-electron chi connectivity index (χ2n) is 5.56. The summed E-state index contributed by atoms with van der Waals surface area (Å²) in [5, 5.41) is 28.1. The molecule has 0 saturated heterocycles. The number of hydrogen-bond donors (Lipinski definition) is 1. The first kappa shape index (κ1) is 15.3. The van der Waals surface area contributed by atoms with E-state index in [0.29, 0.717) is 16.9 Å². The van der Waals surface area contributed by atoms with Crippen LogP contribution in [0.4, 0.5) is 17.3 Å². The third-order valence-electron chi connectivity index (χ3n) is 4.22. The number of H-pyrrole nitrogens is 1. The van der Waals surface area contributed by atoms with Crippen molar-refractivity contribution in [2.24, 2.45) is 0 Å². The summed E-state index contributed by atoms with van der Waals surface area (Å²) in [5.74, 6) is 0.728. The van der Waals surface area contributed by atoms with Crippen molar-refractivity contribution in [3.8, 4) is 18.2 Å². The molecule has 1 aliphatic heterocycles. The minimum absolute atomic E-state index is 0.0346. The number of nitrogens with two attached hydrogens (primary N) is 1. The molecule has 0 atom stereocenters. The molecule has 1 aromatic carbocycles. The fourth-order valence-electron chi connectivity index (χ4n) is 3.16. The maximum absolute atomic E-state index is 9.66. The molecule has 0 saturated carbocycles. The van der Waals surface area contributed by atoms with Crippen LogP contribution >= 0.6 is 0 Å². The van der Waals surface area contributed by atoms with Crippen LogP contribution in [-0.4, -0.2) is 6.54 Å². The highest BCUT2D eigenvalue weighted by molar-refractivity contribution is 5.72. The Bertz CT molecular complexity index is 926. The molecule has 116 valence electrons. The molecule has 1 aromatic heterocycles. The van der Waals surface area contributed by atoms with Gasteiger partial charge < -0.3 is 5.73 Å². The molecular weight excluding hydrogens is 300 g/mol. The predicted molar refractivity (Wildman–Crippen MR) is 87.9 cm³/mol. The third kappa shape index (κ3) is 2.39. The average Bonchev–Trinajstić information content (AvgIpc) is 2.61. The number of aromatic amines is 1. The van der Waals surface area contributed by atoms with Crippen LogP contribution in [0.15, 0.2) is 24.3 Å². The van der Waals surface area contributed by atoms with Gasteiger partial charge in [-0.25, -0.2) is 4.98 Å². The molecular formula is C18H15N6+. The number of nitrogen functional groups attached to an aromatic ring is 1. The number of fused-ring (bicyclic) bond motifs is 1. The van der Waals surface area contributed by atoms with Gasteiger partial charge in [-0.2, -0.15) is 15.8 Å². The number of aromatic nitrogens is 1. The molecule has 0 bridgehead atoms. The van der Waals surface area contributed by atoms with E-state index in [1.165, 1.54) is 5.56 Å². The lowest BCUT2D eigenvalue weighted by atomic mass is 9.98. The Kier molecular flexibility index (Phi) is 4.01. The molecule has 1 aliphatic rings. The fraction of sp³-hybridized carbons (Fsp3) is 0.222. The van der Waals surface area contributed by atoms with Gasteiger partial charge in [-0.05, 0) is 24.5 Å². The summed E-state index contributed by atoms with van der Waals surface area (Å²) in [6.45, 7) is 0.736. The van der Waals surface area contributed by atoms with E-state index in [2.05, 4.69) is 17.1 Å². The second-order valence-corrected chi connectivity index (χ2v) is 5.56. The van der Waals surface area contributed by atoms with Crippen LogP contribution in [-0.2, 0) is 12.8 Å². The molecule has 0 radical (unpaired) electrons. The van der Waals surface area contributed by atoms with Crippen molar-refractivity contribution in [3.63, 3.8) is 0 Å². The zero-order chi connectivity index (χ0) is 17.1. The van der Waals surface area contributed by atoms with Gasteiger partial charge in [-0.1, -0.05) is 18.2 Å². The molecule has 24 heavy (non-hydrogen) atoms. The number of nitrogens with one attached hydrogen (secondary N) is 1. The molecule has 6 heteroatoms. The maximum atomic E-state index is 9.66.